The second-order valence-electron chi connectivity index (χ2n) is 4.96. The zero-order valence-electron chi connectivity index (χ0n) is 11.8. The van der Waals surface area contributed by atoms with Gasteiger partial charge in [0.05, 0.1) is 10.7 Å². The fraction of sp³-hybridized carbons (Fsp3) is 0.0588. The molecule has 2 heterocycles. The van der Waals surface area contributed by atoms with Gasteiger partial charge in [0, 0.05) is 12.3 Å². The van der Waals surface area contributed by atoms with Gasteiger partial charge in [-0.1, -0.05) is 29.8 Å². The predicted octanol–water partition coefficient (Wildman–Crippen LogP) is 3.88. The molecule has 3 aromatic rings. The maximum Gasteiger partial charge on any atom is 0.258 e. The lowest BCUT2D eigenvalue weighted by atomic mass is 10.2. The number of nitrogens with zero attached hydrogens (tertiary/aromatic N) is 2. The molecule has 0 unspecified atom stereocenters. The Morgan fingerprint density at radius 1 is 1.23 bits per heavy atom. The Balaban J connectivity index is 2.07. The first kappa shape index (κ1) is 14.5. The Bertz CT molecular complexity index is 930. The summed E-state index contributed by atoms with van der Waals surface area (Å²) in [6, 6.07) is 10.9. The van der Waals surface area contributed by atoms with Crippen LogP contribution in [0.2, 0.25) is 0 Å². The smallest absolute Gasteiger partial charge is 0.258 e. The lowest BCUT2D eigenvalue weighted by molar-refractivity contribution is 0.628. The lowest BCUT2D eigenvalue weighted by Gasteiger charge is -2.04. The van der Waals surface area contributed by atoms with E-state index in [1.165, 1.54) is 22.6 Å². The van der Waals surface area contributed by atoms with Crippen LogP contribution in [-0.4, -0.2) is 9.38 Å². The highest BCUT2D eigenvalue weighted by Gasteiger charge is 2.06. The van der Waals surface area contributed by atoms with E-state index in [2.05, 4.69) is 4.98 Å². The number of aryl methyl sites for hydroxylation is 1. The number of hydrogen-bond donors (Lipinski definition) is 0. The monoisotopic (exact) mass is 314 g/mol. The second kappa shape index (κ2) is 5.73. The summed E-state index contributed by atoms with van der Waals surface area (Å²) in [4.78, 5) is 16.5. The third kappa shape index (κ3) is 2.92. The van der Waals surface area contributed by atoms with E-state index in [-0.39, 0.29) is 11.4 Å². The van der Waals surface area contributed by atoms with Crippen molar-refractivity contribution in [3.8, 4) is 0 Å². The molecule has 3 nitrogen and oxygen atoms in total. The zero-order chi connectivity index (χ0) is 15.7. The van der Waals surface area contributed by atoms with Crippen molar-refractivity contribution in [2.45, 2.75) is 6.92 Å². The number of fused-ring (bicyclic) bond motifs is 1. The Hall–Kier alpha value is -2.46. The highest BCUT2D eigenvalue weighted by molar-refractivity contribution is 6.51. The summed E-state index contributed by atoms with van der Waals surface area (Å²) in [6.07, 6.45) is 3.37. The second-order valence-corrected chi connectivity index (χ2v) is 5.37. The fourth-order valence-electron chi connectivity index (χ4n) is 2.11. The van der Waals surface area contributed by atoms with E-state index < -0.39 is 0 Å². The molecule has 5 heteroatoms. The van der Waals surface area contributed by atoms with Gasteiger partial charge in [-0.2, -0.15) is 0 Å². The van der Waals surface area contributed by atoms with Gasteiger partial charge in [-0.3, -0.25) is 9.20 Å². The van der Waals surface area contributed by atoms with Gasteiger partial charge in [0.1, 0.15) is 11.5 Å². The molecule has 1 aromatic carbocycles. The Kier molecular flexibility index (Phi) is 3.77. The Labute approximate surface area is 131 Å². The van der Waals surface area contributed by atoms with E-state index in [1.807, 2.05) is 13.0 Å². The van der Waals surface area contributed by atoms with Gasteiger partial charge in [-0.15, -0.1) is 0 Å². The first-order valence-electron chi connectivity index (χ1n) is 6.66. The number of aromatic nitrogens is 2. The molecule has 0 saturated heterocycles. The first-order valence-corrected chi connectivity index (χ1v) is 7.04. The van der Waals surface area contributed by atoms with E-state index in [0.29, 0.717) is 16.4 Å². The molecule has 22 heavy (non-hydrogen) atoms. The summed E-state index contributed by atoms with van der Waals surface area (Å²) < 4.78 is 14.4. The van der Waals surface area contributed by atoms with Crippen molar-refractivity contribution in [2.75, 3.05) is 0 Å². The van der Waals surface area contributed by atoms with Gasteiger partial charge >= 0.3 is 0 Å². The minimum absolute atomic E-state index is 0.200. The maximum atomic E-state index is 12.9. The molecule has 0 spiro atoms. The summed E-state index contributed by atoms with van der Waals surface area (Å²) in [5, 5.41) is 0.326. The SMILES string of the molecule is Cc1ccc2nc(C(Cl)=Cc3ccc(F)cc3)cc(=O)n2c1. The van der Waals surface area contributed by atoms with E-state index in [0.717, 1.165) is 11.1 Å². The maximum absolute atomic E-state index is 12.9. The molecule has 0 saturated carbocycles. The van der Waals surface area contributed by atoms with E-state index in [1.54, 1.807) is 30.5 Å². The largest absolute Gasteiger partial charge is 0.269 e. The summed E-state index contributed by atoms with van der Waals surface area (Å²) in [6.45, 7) is 1.90. The fourth-order valence-corrected chi connectivity index (χ4v) is 2.33. The van der Waals surface area contributed by atoms with Crippen molar-refractivity contribution in [3.63, 3.8) is 0 Å². The number of rotatable bonds is 2. The predicted molar refractivity (Wildman–Crippen MR) is 86.3 cm³/mol. The van der Waals surface area contributed by atoms with Gasteiger partial charge in [0.15, 0.2) is 0 Å². The molecule has 0 amide bonds. The molecule has 3 rings (SSSR count). The molecule has 2 aromatic heterocycles. The quantitative estimate of drug-likeness (QED) is 0.719. The Morgan fingerprint density at radius 2 is 1.95 bits per heavy atom. The molecule has 0 aliphatic heterocycles. The van der Waals surface area contributed by atoms with Crippen molar-refractivity contribution in [3.05, 3.63) is 81.7 Å². The van der Waals surface area contributed by atoms with Gasteiger partial charge in [0.25, 0.3) is 5.56 Å². The average molecular weight is 315 g/mol. The van der Waals surface area contributed by atoms with Crippen LogP contribution in [0.5, 0.6) is 0 Å². The number of hydrogen-bond acceptors (Lipinski definition) is 2. The van der Waals surface area contributed by atoms with Crippen LogP contribution in [0.15, 0.2) is 53.5 Å². The zero-order valence-corrected chi connectivity index (χ0v) is 12.5. The Morgan fingerprint density at radius 3 is 2.68 bits per heavy atom. The van der Waals surface area contributed by atoms with E-state index >= 15 is 0 Å². The number of pyridine rings is 1. The third-order valence-electron chi connectivity index (χ3n) is 3.22. The number of benzene rings is 1. The molecule has 110 valence electrons. The minimum Gasteiger partial charge on any atom is -0.269 e. The van der Waals surface area contributed by atoms with Crippen LogP contribution in [0.25, 0.3) is 16.8 Å². The van der Waals surface area contributed by atoms with Gasteiger partial charge in [-0.05, 0) is 42.3 Å². The van der Waals surface area contributed by atoms with E-state index in [4.69, 9.17) is 11.6 Å². The van der Waals surface area contributed by atoms with E-state index in [9.17, 15) is 9.18 Å². The van der Waals surface area contributed by atoms with Gasteiger partial charge in [0.2, 0.25) is 0 Å². The summed E-state index contributed by atoms with van der Waals surface area (Å²) in [5.41, 5.74) is 2.42. The molecule has 0 fully saturated rings. The van der Waals surface area contributed by atoms with Crippen molar-refractivity contribution in [2.24, 2.45) is 0 Å². The standard InChI is InChI=1S/C17H12ClFN2O/c1-11-2-7-16-20-15(9-17(22)21(16)10-11)14(18)8-12-3-5-13(19)6-4-12/h2-10H,1H3. The summed E-state index contributed by atoms with van der Waals surface area (Å²) in [7, 11) is 0. The average Bonchev–Trinajstić information content (AvgIpc) is 2.50. The van der Waals surface area contributed by atoms with Crippen LogP contribution >= 0.6 is 11.6 Å². The van der Waals surface area contributed by atoms with Crippen LogP contribution in [-0.2, 0) is 0 Å². The molecule has 0 atom stereocenters. The summed E-state index contributed by atoms with van der Waals surface area (Å²) in [5.74, 6) is -0.314. The molecule has 0 bridgehead atoms. The van der Waals surface area contributed by atoms with Gasteiger partial charge in [-0.25, -0.2) is 9.37 Å². The van der Waals surface area contributed by atoms with Crippen molar-refractivity contribution in [1.82, 2.24) is 9.38 Å². The molecular weight excluding hydrogens is 303 g/mol. The van der Waals surface area contributed by atoms with Gasteiger partial charge < -0.3 is 0 Å². The third-order valence-corrected chi connectivity index (χ3v) is 3.52. The van der Waals surface area contributed by atoms with Crippen LogP contribution in [0.3, 0.4) is 0 Å². The van der Waals surface area contributed by atoms with Crippen molar-refractivity contribution >= 4 is 28.4 Å². The van der Waals surface area contributed by atoms with Crippen LogP contribution in [0, 0.1) is 12.7 Å². The van der Waals surface area contributed by atoms with Crippen LogP contribution < -0.4 is 5.56 Å². The lowest BCUT2D eigenvalue weighted by Crippen LogP contribution is -2.15. The molecular formula is C17H12ClFN2O. The topological polar surface area (TPSA) is 34.4 Å². The highest BCUT2D eigenvalue weighted by atomic mass is 35.5. The van der Waals surface area contributed by atoms with Crippen molar-refractivity contribution < 1.29 is 4.39 Å². The highest BCUT2D eigenvalue weighted by Crippen LogP contribution is 2.20. The molecule has 0 aliphatic carbocycles. The van der Waals surface area contributed by atoms with Crippen molar-refractivity contribution in [1.29, 1.82) is 0 Å². The summed E-state index contributed by atoms with van der Waals surface area (Å²) >= 11 is 6.24. The van der Waals surface area contributed by atoms with Crippen LogP contribution in [0.1, 0.15) is 16.8 Å². The van der Waals surface area contributed by atoms with Crippen LogP contribution in [0.4, 0.5) is 4.39 Å². The minimum atomic E-state index is -0.314. The molecule has 0 aliphatic rings. The first-order chi connectivity index (χ1) is 10.5. The molecule has 0 radical (unpaired) electrons. The molecule has 0 N–H and O–H groups in total. The number of halogens is 2. The normalized spacial score (nSPS) is 11.9.